The summed E-state index contributed by atoms with van der Waals surface area (Å²) in [5, 5.41) is 13.7. The molecule has 28 heavy (non-hydrogen) atoms. The minimum absolute atomic E-state index is 0.197. The fraction of sp³-hybridized carbons (Fsp3) is 0.333. The van der Waals surface area contributed by atoms with Crippen LogP contribution in [0.25, 0.3) is 0 Å². The van der Waals surface area contributed by atoms with Gasteiger partial charge < -0.3 is 10.1 Å². The summed E-state index contributed by atoms with van der Waals surface area (Å²) in [6.45, 7) is 8.30. The third-order valence-electron chi connectivity index (χ3n) is 3.51. The van der Waals surface area contributed by atoms with Crippen molar-refractivity contribution >= 4 is 35.3 Å². The van der Waals surface area contributed by atoms with E-state index in [2.05, 4.69) is 27.4 Å². The van der Waals surface area contributed by atoms with Crippen molar-refractivity contribution in [2.24, 2.45) is 0 Å². The second-order valence-electron chi connectivity index (χ2n) is 5.65. The van der Waals surface area contributed by atoms with Crippen molar-refractivity contribution in [3.63, 3.8) is 0 Å². The van der Waals surface area contributed by atoms with Crippen LogP contribution in [0.2, 0.25) is 5.02 Å². The van der Waals surface area contributed by atoms with Crippen molar-refractivity contribution in [2.75, 3.05) is 6.54 Å². The predicted octanol–water partition coefficient (Wildman–Crippen LogP) is 3.02. The molecule has 150 valence electrons. The molecule has 1 aromatic heterocycles. The number of allylic oxidation sites excluding steroid dienone is 1. The Labute approximate surface area is 172 Å². The third kappa shape index (κ3) is 6.28. The van der Waals surface area contributed by atoms with Gasteiger partial charge in [-0.1, -0.05) is 29.4 Å². The molecule has 2 N–H and O–H groups in total. The molecule has 0 spiro atoms. The first-order chi connectivity index (χ1) is 13.4. The minimum atomic E-state index is -0.541. The topological polar surface area (TPSA) is 98.1 Å². The van der Waals surface area contributed by atoms with Crippen LogP contribution in [0.5, 0.6) is 5.75 Å². The van der Waals surface area contributed by atoms with E-state index in [9.17, 15) is 9.59 Å². The minimum Gasteiger partial charge on any atom is -0.486 e. The van der Waals surface area contributed by atoms with Crippen LogP contribution < -0.4 is 15.4 Å². The van der Waals surface area contributed by atoms with Crippen LogP contribution in [-0.4, -0.2) is 38.5 Å². The quantitative estimate of drug-likeness (QED) is 0.475. The molecule has 0 saturated carbocycles. The largest absolute Gasteiger partial charge is 0.486 e. The molecule has 0 aliphatic heterocycles. The van der Waals surface area contributed by atoms with Gasteiger partial charge in [-0.15, -0.1) is 16.8 Å². The Morgan fingerprint density at radius 2 is 2.07 bits per heavy atom. The molecule has 0 fully saturated rings. The number of nitrogens with one attached hydrogen (secondary N) is 2. The molecule has 0 unspecified atom stereocenters. The molecule has 3 amide bonds. The number of hydrogen-bond acceptors (Lipinski definition) is 6. The molecule has 0 aliphatic carbocycles. The molecule has 0 aliphatic rings. The molecular formula is C18H22ClN5O3S. The SMILES string of the molecule is C=CCn1c(COc2ccc(Cl)cc2)nnc1S[C@H](C)C(=O)NC(=O)NCC. The Morgan fingerprint density at radius 1 is 1.36 bits per heavy atom. The van der Waals surface area contributed by atoms with E-state index in [1.54, 1.807) is 44.2 Å². The molecule has 0 radical (unpaired) electrons. The summed E-state index contributed by atoms with van der Waals surface area (Å²) in [6.07, 6.45) is 1.71. The average molecular weight is 424 g/mol. The number of ether oxygens (including phenoxy) is 1. The number of aromatic nitrogens is 3. The van der Waals surface area contributed by atoms with E-state index in [0.717, 1.165) is 0 Å². The zero-order chi connectivity index (χ0) is 20.5. The fourth-order valence-electron chi connectivity index (χ4n) is 2.13. The van der Waals surface area contributed by atoms with Gasteiger partial charge in [0.1, 0.15) is 12.4 Å². The molecule has 1 heterocycles. The number of rotatable bonds is 9. The first-order valence-electron chi connectivity index (χ1n) is 8.61. The van der Waals surface area contributed by atoms with Gasteiger partial charge in [-0.25, -0.2) is 4.79 Å². The average Bonchev–Trinajstić information content (AvgIpc) is 3.03. The van der Waals surface area contributed by atoms with Gasteiger partial charge in [0.15, 0.2) is 11.0 Å². The standard InChI is InChI=1S/C18H22ClN5O3S/c1-4-10-24-15(11-27-14-8-6-13(19)7-9-14)22-23-18(24)28-12(3)16(25)21-17(26)20-5-2/h4,6-9,12H,1,5,10-11H2,2-3H3,(H2,20,21,25,26)/t12-/m1/s1. The third-order valence-corrected chi connectivity index (χ3v) is 4.84. The number of urea groups is 1. The zero-order valence-corrected chi connectivity index (χ0v) is 17.2. The monoisotopic (exact) mass is 423 g/mol. The Morgan fingerprint density at radius 3 is 2.71 bits per heavy atom. The summed E-state index contributed by atoms with van der Waals surface area (Å²) in [4.78, 5) is 23.6. The van der Waals surface area contributed by atoms with E-state index in [-0.39, 0.29) is 6.61 Å². The van der Waals surface area contributed by atoms with Gasteiger partial charge in [0, 0.05) is 18.1 Å². The number of benzene rings is 1. The van der Waals surface area contributed by atoms with E-state index in [1.165, 1.54) is 11.8 Å². The number of amides is 3. The van der Waals surface area contributed by atoms with Gasteiger partial charge in [-0.05, 0) is 38.1 Å². The summed E-state index contributed by atoms with van der Waals surface area (Å²) in [5.74, 6) is 0.832. The first-order valence-corrected chi connectivity index (χ1v) is 9.87. The molecule has 2 aromatic rings. The maximum atomic E-state index is 12.1. The second kappa shape index (κ2) is 10.7. The van der Waals surface area contributed by atoms with Crippen LogP contribution >= 0.6 is 23.4 Å². The van der Waals surface area contributed by atoms with Crippen LogP contribution in [0.1, 0.15) is 19.7 Å². The zero-order valence-electron chi connectivity index (χ0n) is 15.6. The van der Waals surface area contributed by atoms with Crippen LogP contribution in [0.4, 0.5) is 4.79 Å². The first kappa shape index (κ1) is 21.8. The van der Waals surface area contributed by atoms with E-state index in [1.807, 2.05) is 4.57 Å². The van der Waals surface area contributed by atoms with E-state index < -0.39 is 17.2 Å². The normalized spacial score (nSPS) is 11.5. The lowest BCUT2D eigenvalue weighted by Gasteiger charge is -2.12. The van der Waals surface area contributed by atoms with Crippen LogP contribution in [0.15, 0.2) is 42.1 Å². The van der Waals surface area contributed by atoms with Crippen molar-refractivity contribution in [3.8, 4) is 5.75 Å². The van der Waals surface area contributed by atoms with E-state index in [0.29, 0.717) is 34.8 Å². The highest BCUT2D eigenvalue weighted by Crippen LogP contribution is 2.23. The van der Waals surface area contributed by atoms with Crippen LogP contribution in [-0.2, 0) is 17.9 Å². The lowest BCUT2D eigenvalue weighted by atomic mass is 10.3. The summed E-state index contributed by atoms with van der Waals surface area (Å²) in [5.41, 5.74) is 0. The number of carbonyl (C=O) groups is 2. The maximum Gasteiger partial charge on any atom is 0.321 e. The smallest absolute Gasteiger partial charge is 0.321 e. The van der Waals surface area contributed by atoms with Gasteiger partial charge in [0.25, 0.3) is 0 Å². The number of hydrogen-bond donors (Lipinski definition) is 2. The molecule has 0 bridgehead atoms. The van der Waals surface area contributed by atoms with Crippen molar-refractivity contribution in [2.45, 2.75) is 37.4 Å². The molecule has 8 nitrogen and oxygen atoms in total. The highest BCUT2D eigenvalue weighted by atomic mass is 35.5. The van der Waals surface area contributed by atoms with Gasteiger partial charge >= 0.3 is 6.03 Å². The number of halogens is 1. The number of nitrogens with zero attached hydrogens (tertiary/aromatic N) is 3. The van der Waals surface area contributed by atoms with Crippen LogP contribution in [0, 0.1) is 0 Å². The lowest BCUT2D eigenvalue weighted by molar-refractivity contribution is -0.119. The molecule has 1 atom stereocenters. The van der Waals surface area contributed by atoms with Gasteiger partial charge in [0.05, 0.1) is 5.25 Å². The molecular weight excluding hydrogens is 402 g/mol. The number of carbonyl (C=O) groups excluding carboxylic acids is 2. The Balaban J connectivity index is 2.04. The molecule has 2 rings (SSSR count). The van der Waals surface area contributed by atoms with Gasteiger partial charge in [-0.2, -0.15) is 0 Å². The number of imide groups is 1. The summed E-state index contributed by atoms with van der Waals surface area (Å²) >= 11 is 7.07. The van der Waals surface area contributed by atoms with E-state index >= 15 is 0 Å². The van der Waals surface area contributed by atoms with Crippen molar-refractivity contribution < 1.29 is 14.3 Å². The summed E-state index contributed by atoms with van der Waals surface area (Å²) < 4.78 is 7.53. The molecule has 10 heteroatoms. The summed E-state index contributed by atoms with van der Waals surface area (Å²) in [6, 6.07) is 6.48. The molecule has 0 saturated heterocycles. The lowest BCUT2D eigenvalue weighted by Crippen LogP contribution is -2.42. The maximum absolute atomic E-state index is 12.1. The van der Waals surface area contributed by atoms with Gasteiger partial charge in [-0.3, -0.25) is 14.7 Å². The van der Waals surface area contributed by atoms with Gasteiger partial charge in [0.2, 0.25) is 5.91 Å². The summed E-state index contributed by atoms with van der Waals surface area (Å²) in [7, 11) is 0. The second-order valence-corrected chi connectivity index (χ2v) is 7.39. The fourth-order valence-corrected chi connectivity index (χ4v) is 3.14. The highest BCUT2D eigenvalue weighted by Gasteiger charge is 2.21. The van der Waals surface area contributed by atoms with Crippen molar-refractivity contribution in [3.05, 3.63) is 47.8 Å². The van der Waals surface area contributed by atoms with E-state index in [4.69, 9.17) is 16.3 Å². The van der Waals surface area contributed by atoms with Crippen molar-refractivity contribution in [1.29, 1.82) is 0 Å². The Kier molecular flexibility index (Phi) is 8.34. The number of thioether (sulfide) groups is 1. The van der Waals surface area contributed by atoms with Crippen LogP contribution in [0.3, 0.4) is 0 Å². The Bertz CT molecular complexity index is 825. The predicted molar refractivity (Wildman–Crippen MR) is 109 cm³/mol. The van der Waals surface area contributed by atoms with Crippen molar-refractivity contribution in [1.82, 2.24) is 25.4 Å². The Hall–Kier alpha value is -2.52. The molecule has 1 aromatic carbocycles. The highest BCUT2D eigenvalue weighted by molar-refractivity contribution is 8.00.